The van der Waals surface area contributed by atoms with Crippen LogP contribution in [0.2, 0.25) is 0 Å². The Morgan fingerprint density at radius 1 is 1.04 bits per heavy atom. The minimum atomic E-state index is -0.252. The van der Waals surface area contributed by atoms with E-state index in [4.69, 9.17) is 0 Å². The van der Waals surface area contributed by atoms with Crippen LogP contribution in [0.25, 0.3) is 0 Å². The van der Waals surface area contributed by atoms with Gasteiger partial charge in [-0.05, 0) is 36.2 Å². The number of amides is 2. The molecule has 2 rings (SSSR count). The normalized spacial score (nSPS) is 11.6. The van der Waals surface area contributed by atoms with Crippen LogP contribution >= 0.6 is 15.9 Å². The first-order chi connectivity index (χ1) is 11.1. The maximum absolute atomic E-state index is 12.1. The van der Waals surface area contributed by atoms with Crippen LogP contribution in [-0.4, -0.2) is 18.4 Å². The average Bonchev–Trinajstić information content (AvgIpc) is 2.59. The zero-order chi connectivity index (χ0) is 16.7. The first kappa shape index (κ1) is 17.2. The summed E-state index contributed by atoms with van der Waals surface area (Å²) < 4.78 is 0.998. The zero-order valence-electron chi connectivity index (χ0n) is 12.9. The third-order valence-electron chi connectivity index (χ3n) is 3.46. The molecule has 23 heavy (non-hydrogen) atoms. The predicted molar refractivity (Wildman–Crippen MR) is 94.1 cm³/mol. The van der Waals surface area contributed by atoms with Gasteiger partial charge in [0.25, 0.3) is 5.91 Å². The average molecular weight is 375 g/mol. The summed E-state index contributed by atoms with van der Waals surface area (Å²) in [5.74, 6) is -0.457. The highest BCUT2D eigenvalue weighted by molar-refractivity contribution is 9.10. The second kappa shape index (κ2) is 8.48. The van der Waals surface area contributed by atoms with Crippen molar-refractivity contribution in [3.05, 3.63) is 70.2 Å². The lowest BCUT2D eigenvalue weighted by atomic mass is 10.0. The Balaban J connectivity index is 1.88. The molecule has 0 heterocycles. The van der Waals surface area contributed by atoms with Crippen LogP contribution in [0.1, 0.15) is 35.3 Å². The highest BCUT2D eigenvalue weighted by atomic mass is 79.9. The maximum atomic E-state index is 12.1. The van der Waals surface area contributed by atoms with E-state index in [1.54, 1.807) is 24.3 Å². The fraction of sp³-hybridized carbons (Fsp3) is 0.222. The van der Waals surface area contributed by atoms with Crippen molar-refractivity contribution in [1.82, 2.24) is 10.6 Å². The Kier molecular flexibility index (Phi) is 6.35. The van der Waals surface area contributed by atoms with Crippen molar-refractivity contribution in [2.75, 3.05) is 6.54 Å². The van der Waals surface area contributed by atoms with Gasteiger partial charge in [0.2, 0.25) is 5.91 Å². The standard InChI is InChI=1S/C18H19BrN2O2/c1-2-16(13-8-10-15(19)11-9-13)21-17(22)12-20-18(23)14-6-4-3-5-7-14/h3-11,16H,2,12H2,1H3,(H,20,23)(H,21,22). The molecule has 0 saturated carbocycles. The monoisotopic (exact) mass is 374 g/mol. The fourth-order valence-corrected chi connectivity index (χ4v) is 2.48. The van der Waals surface area contributed by atoms with Crippen molar-refractivity contribution < 1.29 is 9.59 Å². The lowest BCUT2D eigenvalue weighted by molar-refractivity contribution is -0.120. The minimum Gasteiger partial charge on any atom is -0.348 e. The zero-order valence-corrected chi connectivity index (χ0v) is 14.5. The van der Waals surface area contributed by atoms with Gasteiger partial charge < -0.3 is 10.6 Å². The molecule has 5 heteroatoms. The van der Waals surface area contributed by atoms with Gasteiger partial charge in [0.1, 0.15) is 0 Å². The van der Waals surface area contributed by atoms with Gasteiger partial charge in [-0.3, -0.25) is 9.59 Å². The van der Waals surface area contributed by atoms with Crippen LogP contribution in [0.4, 0.5) is 0 Å². The molecule has 0 bridgehead atoms. The molecule has 0 radical (unpaired) electrons. The van der Waals surface area contributed by atoms with Crippen LogP contribution in [-0.2, 0) is 4.79 Å². The van der Waals surface area contributed by atoms with Crippen molar-refractivity contribution in [2.45, 2.75) is 19.4 Å². The number of hydrogen-bond acceptors (Lipinski definition) is 2. The molecule has 2 amide bonds. The van der Waals surface area contributed by atoms with Crippen molar-refractivity contribution in [3.8, 4) is 0 Å². The molecular weight excluding hydrogens is 356 g/mol. The summed E-state index contributed by atoms with van der Waals surface area (Å²) >= 11 is 3.40. The van der Waals surface area contributed by atoms with Gasteiger partial charge in [-0.2, -0.15) is 0 Å². The second-order valence-electron chi connectivity index (χ2n) is 5.13. The summed E-state index contributed by atoms with van der Waals surface area (Å²) in [4.78, 5) is 24.0. The molecule has 0 spiro atoms. The lowest BCUT2D eigenvalue weighted by Crippen LogP contribution is -2.38. The van der Waals surface area contributed by atoms with Crippen molar-refractivity contribution in [3.63, 3.8) is 0 Å². The molecule has 0 aromatic heterocycles. The first-order valence-electron chi connectivity index (χ1n) is 7.48. The Morgan fingerprint density at radius 2 is 1.70 bits per heavy atom. The number of hydrogen-bond donors (Lipinski definition) is 2. The van der Waals surface area contributed by atoms with Crippen molar-refractivity contribution in [2.24, 2.45) is 0 Å². The minimum absolute atomic E-state index is 0.0409. The molecule has 120 valence electrons. The Hall–Kier alpha value is -2.14. The highest BCUT2D eigenvalue weighted by Crippen LogP contribution is 2.19. The summed E-state index contributed by atoms with van der Waals surface area (Å²) in [5.41, 5.74) is 1.58. The molecule has 0 saturated heterocycles. The Morgan fingerprint density at radius 3 is 2.30 bits per heavy atom. The summed E-state index contributed by atoms with van der Waals surface area (Å²) in [5, 5.41) is 5.57. The Bertz CT molecular complexity index is 656. The van der Waals surface area contributed by atoms with Crippen LogP contribution in [0.5, 0.6) is 0 Å². The van der Waals surface area contributed by atoms with Gasteiger partial charge in [-0.15, -0.1) is 0 Å². The van der Waals surface area contributed by atoms with E-state index in [1.807, 2.05) is 37.3 Å². The quantitative estimate of drug-likeness (QED) is 0.813. The third-order valence-corrected chi connectivity index (χ3v) is 3.99. The topological polar surface area (TPSA) is 58.2 Å². The van der Waals surface area contributed by atoms with Gasteiger partial charge in [0, 0.05) is 10.0 Å². The second-order valence-corrected chi connectivity index (χ2v) is 6.04. The molecule has 0 aliphatic carbocycles. The van der Waals surface area contributed by atoms with Gasteiger partial charge in [0.15, 0.2) is 0 Å². The van der Waals surface area contributed by atoms with Crippen LogP contribution in [0.3, 0.4) is 0 Å². The van der Waals surface area contributed by atoms with Gasteiger partial charge in [-0.1, -0.05) is 53.2 Å². The van der Waals surface area contributed by atoms with E-state index in [9.17, 15) is 9.59 Å². The van der Waals surface area contributed by atoms with Crippen molar-refractivity contribution in [1.29, 1.82) is 0 Å². The highest BCUT2D eigenvalue weighted by Gasteiger charge is 2.13. The van der Waals surface area contributed by atoms with Crippen LogP contribution in [0.15, 0.2) is 59.1 Å². The molecular formula is C18H19BrN2O2. The van der Waals surface area contributed by atoms with E-state index in [-0.39, 0.29) is 24.4 Å². The molecule has 4 nitrogen and oxygen atoms in total. The van der Waals surface area contributed by atoms with Gasteiger partial charge >= 0.3 is 0 Å². The summed E-state index contributed by atoms with van der Waals surface area (Å²) in [6.07, 6.45) is 0.778. The number of carbonyl (C=O) groups is 2. The Labute approximate surface area is 144 Å². The van der Waals surface area contributed by atoms with Crippen molar-refractivity contribution >= 4 is 27.7 Å². The predicted octanol–water partition coefficient (Wildman–Crippen LogP) is 3.45. The molecule has 0 aliphatic rings. The lowest BCUT2D eigenvalue weighted by Gasteiger charge is -2.18. The largest absolute Gasteiger partial charge is 0.348 e. The molecule has 1 atom stereocenters. The van der Waals surface area contributed by atoms with Gasteiger partial charge in [0.05, 0.1) is 12.6 Å². The number of halogens is 1. The molecule has 0 fully saturated rings. The van der Waals surface area contributed by atoms with E-state index in [0.717, 1.165) is 16.5 Å². The number of rotatable bonds is 6. The van der Waals surface area contributed by atoms with Crippen LogP contribution < -0.4 is 10.6 Å². The summed E-state index contributed by atoms with van der Waals surface area (Å²) in [6.45, 7) is 1.97. The molecule has 0 aliphatic heterocycles. The third kappa shape index (κ3) is 5.21. The number of benzene rings is 2. The number of carbonyl (C=O) groups excluding carboxylic acids is 2. The maximum Gasteiger partial charge on any atom is 0.251 e. The van der Waals surface area contributed by atoms with Crippen LogP contribution in [0, 0.1) is 0 Å². The van der Waals surface area contributed by atoms with E-state index >= 15 is 0 Å². The SMILES string of the molecule is CCC(NC(=O)CNC(=O)c1ccccc1)c1ccc(Br)cc1. The summed E-state index contributed by atoms with van der Waals surface area (Å²) in [7, 11) is 0. The fourth-order valence-electron chi connectivity index (χ4n) is 2.21. The molecule has 1 unspecified atom stereocenters. The molecule has 2 aromatic rings. The van der Waals surface area contributed by atoms with E-state index in [1.165, 1.54) is 0 Å². The number of nitrogens with one attached hydrogen (secondary N) is 2. The summed E-state index contributed by atoms with van der Waals surface area (Å²) in [6, 6.07) is 16.6. The van der Waals surface area contributed by atoms with E-state index < -0.39 is 0 Å². The van der Waals surface area contributed by atoms with E-state index in [0.29, 0.717) is 5.56 Å². The molecule has 2 N–H and O–H groups in total. The first-order valence-corrected chi connectivity index (χ1v) is 8.27. The van der Waals surface area contributed by atoms with Gasteiger partial charge in [-0.25, -0.2) is 0 Å². The molecule has 2 aromatic carbocycles. The smallest absolute Gasteiger partial charge is 0.251 e. The van der Waals surface area contributed by atoms with E-state index in [2.05, 4.69) is 26.6 Å².